The van der Waals surface area contributed by atoms with Gasteiger partial charge in [0, 0.05) is 5.69 Å². The van der Waals surface area contributed by atoms with Gasteiger partial charge in [0.05, 0.1) is 11.2 Å². The average molecular weight is 174 g/mol. The summed E-state index contributed by atoms with van der Waals surface area (Å²) in [5.41, 5.74) is 7.16. The monoisotopic (exact) mass is 173 g/mol. The van der Waals surface area contributed by atoms with Gasteiger partial charge in [-0.1, -0.05) is 0 Å². The summed E-state index contributed by atoms with van der Waals surface area (Å²) in [4.78, 5) is 6.95. The Balaban J connectivity index is 3.13. The van der Waals surface area contributed by atoms with Gasteiger partial charge in [-0.05, 0) is 32.4 Å². The predicted octanol–water partition coefficient (Wildman–Crippen LogP) is 1.57. The predicted molar refractivity (Wildman–Crippen MR) is 45.5 cm³/mol. The van der Waals surface area contributed by atoms with Gasteiger partial charge in [-0.2, -0.15) is 0 Å². The van der Waals surface area contributed by atoms with Crippen molar-refractivity contribution in [1.29, 1.82) is 0 Å². The fourth-order valence-corrected chi connectivity index (χ4v) is 1.28. The number of aromatic nitrogens is 2. The number of H-pyrrole nitrogens is 1. The lowest BCUT2D eigenvalue weighted by molar-refractivity contribution is 0.534. The third kappa shape index (κ3) is 1.73. The van der Waals surface area contributed by atoms with Crippen LogP contribution in [0.25, 0.3) is 0 Å². The van der Waals surface area contributed by atoms with Gasteiger partial charge in [0.2, 0.25) is 5.28 Å². The Morgan fingerprint density at radius 3 is 2.27 bits per heavy atom. The van der Waals surface area contributed by atoms with E-state index in [1.165, 1.54) is 0 Å². The summed E-state index contributed by atoms with van der Waals surface area (Å²) >= 11 is 5.65. The van der Waals surface area contributed by atoms with E-state index in [2.05, 4.69) is 9.97 Å². The molecule has 0 fully saturated rings. The third-order valence-electron chi connectivity index (χ3n) is 1.47. The van der Waals surface area contributed by atoms with Gasteiger partial charge in [-0.3, -0.25) is 0 Å². The van der Waals surface area contributed by atoms with Crippen molar-refractivity contribution in [2.75, 3.05) is 0 Å². The molecule has 0 radical (unpaired) electrons. The van der Waals surface area contributed by atoms with Crippen LogP contribution in [-0.4, -0.2) is 9.97 Å². The highest BCUT2D eigenvalue weighted by molar-refractivity contribution is 6.28. The highest BCUT2D eigenvalue weighted by Gasteiger charge is 2.20. The minimum atomic E-state index is -0.423. The first-order valence-electron chi connectivity index (χ1n) is 3.42. The Labute approximate surface area is 71.0 Å². The van der Waals surface area contributed by atoms with E-state index in [0.29, 0.717) is 5.28 Å². The first-order chi connectivity index (χ1) is 4.91. The molecular weight excluding hydrogens is 162 g/mol. The van der Waals surface area contributed by atoms with E-state index >= 15 is 0 Å². The molecule has 1 heterocycles. The van der Waals surface area contributed by atoms with Crippen LogP contribution in [0, 0.1) is 6.92 Å². The molecule has 4 heteroatoms. The second-order valence-corrected chi connectivity index (χ2v) is 3.58. The molecule has 62 valence electrons. The van der Waals surface area contributed by atoms with Crippen LogP contribution in [0.3, 0.4) is 0 Å². The zero-order valence-corrected chi connectivity index (χ0v) is 7.66. The van der Waals surface area contributed by atoms with Crippen LogP contribution in [0.4, 0.5) is 0 Å². The Kier molecular flexibility index (Phi) is 1.94. The van der Waals surface area contributed by atoms with Crippen molar-refractivity contribution in [3.05, 3.63) is 16.7 Å². The summed E-state index contributed by atoms with van der Waals surface area (Å²) in [5, 5.41) is 0.399. The smallest absolute Gasteiger partial charge is 0.200 e. The zero-order chi connectivity index (χ0) is 8.65. The molecule has 0 aliphatic carbocycles. The Morgan fingerprint density at radius 2 is 2.09 bits per heavy atom. The van der Waals surface area contributed by atoms with Crippen LogP contribution in [0.2, 0.25) is 5.28 Å². The summed E-state index contributed by atoms with van der Waals surface area (Å²) in [6, 6.07) is 0. The minimum absolute atomic E-state index is 0.399. The molecule has 0 saturated carbocycles. The van der Waals surface area contributed by atoms with Crippen LogP contribution in [0.1, 0.15) is 25.2 Å². The maximum absolute atomic E-state index is 5.83. The molecule has 3 N–H and O–H groups in total. The van der Waals surface area contributed by atoms with E-state index in [0.717, 1.165) is 11.4 Å². The molecule has 0 atom stereocenters. The normalized spacial score (nSPS) is 12.1. The molecule has 0 amide bonds. The summed E-state index contributed by atoms with van der Waals surface area (Å²) in [5.74, 6) is 0. The van der Waals surface area contributed by atoms with Gasteiger partial charge < -0.3 is 10.7 Å². The fourth-order valence-electron chi connectivity index (χ4n) is 1.05. The van der Waals surface area contributed by atoms with Gasteiger partial charge in [0.25, 0.3) is 0 Å². The first-order valence-corrected chi connectivity index (χ1v) is 3.80. The van der Waals surface area contributed by atoms with Crippen molar-refractivity contribution >= 4 is 11.6 Å². The molecule has 3 nitrogen and oxygen atoms in total. The molecule has 0 aliphatic heterocycles. The van der Waals surface area contributed by atoms with E-state index < -0.39 is 5.54 Å². The first kappa shape index (κ1) is 8.56. The molecule has 11 heavy (non-hydrogen) atoms. The number of hydrogen-bond donors (Lipinski definition) is 2. The SMILES string of the molecule is Cc1[nH]c(Cl)nc1C(C)(C)N. The Hall–Kier alpha value is -0.540. The molecule has 0 aromatic carbocycles. The number of hydrogen-bond acceptors (Lipinski definition) is 2. The van der Waals surface area contributed by atoms with Crippen molar-refractivity contribution in [1.82, 2.24) is 9.97 Å². The molecule has 0 spiro atoms. The molecule has 1 rings (SSSR count). The number of nitrogens with one attached hydrogen (secondary N) is 1. The highest BCUT2D eigenvalue weighted by atomic mass is 35.5. The van der Waals surface area contributed by atoms with Crippen molar-refractivity contribution in [3.8, 4) is 0 Å². The van der Waals surface area contributed by atoms with Crippen LogP contribution in [0.15, 0.2) is 0 Å². The number of aromatic amines is 1. The van der Waals surface area contributed by atoms with Crippen molar-refractivity contribution in [2.45, 2.75) is 26.3 Å². The van der Waals surface area contributed by atoms with Gasteiger partial charge in [-0.15, -0.1) is 0 Å². The topological polar surface area (TPSA) is 54.7 Å². The maximum Gasteiger partial charge on any atom is 0.200 e. The van der Waals surface area contributed by atoms with E-state index in [1.54, 1.807) is 0 Å². The minimum Gasteiger partial charge on any atom is -0.332 e. The second kappa shape index (κ2) is 2.50. The standard InChI is InChI=1S/C7H12ClN3/c1-4-5(7(2,3)9)11-6(8)10-4/h9H2,1-3H3,(H,10,11). The van der Waals surface area contributed by atoms with Crippen molar-refractivity contribution < 1.29 is 0 Å². The number of halogens is 1. The number of imidazole rings is 1. The van der Waals surface area contributed by atoms with E-state index in [1.807, 2.05) is 20.8 Å². The van der Waals surface area contributed by atoms with Crippen LogP contribution in [0.5, 0.6) is 0 Å². The zero-order valence-electron chi connectivity index (χ0n) is 6.90. The van der Waals surface area contributed by atoms with Crippen molar-refractivity contribution in [2.24, 2.45) is 5.73 Å². The van der Waals surface area contributed by atoms with Gasteiger partial charge in [-0.25, -0.2) is 4.98 Å². The molecule has 0 unspecified atom stereocenters. The van der Waals surface area contributed by atoms with Gasteiger partial charge >= 0.3 is 0 Å². The quantitative estimate of drug-likeness (QED) is 0.678. The summed E-state index contributed by atoms with van der Waals surface area (Å²) in [7, 11) is 0. The lowest BCUT2D eigenvalue weighted by atomic mass is 10.0. The number of rotatable bonds is 1. The second-order valence-electron chi connectivity index (χ2n) is 3.22. The number of nitrogens with two attached hydrogens (primary N) is 1. The summed E-state index contributed by atoms with van der Waals surface area (Å²) in [6.45, 7) is 5.70. The molecule has 1 aromatic heterocycles. The van der Waals surface area contributed by atoms with E-state index in [4.69, 9.17) is 17.3 Å². The lowest BCUT2D eigenvalue weighted by Crippen LogP contribution is -2.29. The van der Waals surface area contributed by atoms with Gasteiger partial charge in [0.15, 0.2) is 0 Å². The van der Waals surface area contributed by atoms with Crippen LogP contribution >= 0.6 is 11.6 Å². The fraction of sp³-hybridized carbons (Fsp3) is 0.571. The van der Waals surface area contributed by atoms with Crippen LogP contribution in [-0.2, 0) is 5.54 Å². The largest absolute Gasteiger partial charge is 0.332 e. The number of aryl methyl sites for hydroxylation is 1. The maximum atomic E-state index is 5.83. The molecule has 0 saturated heterocycles. The van der Waals surface area contributed by atoms with E-state index in [9.17, 15) is 0 Å². The lowest BCUT2D eigenvalue weighted by Gasteiger charge is -2.15. The third-order valence-corrected chi connectivity index (χ3v) is 1.65. The number of nitrogens with zero attached hydrogens (tertiary/aromatic N) is 1. The molecule has 0 aliphatic rings. The summed E-state index contributed by atoms with van der Waals surface area (Å²) in [6.07, 6.45) is 0. The highest BCUT2D eigenvalue weighted by Crippen LogP contribution is 2.19. The van der Waals surface area contributed by atoms with Crippen molar-refractivity contribution in [3.63, 3.8) is 0 Å². The molecule has 1 aromatic rings. The van der Waals surface area contributed by atoms with Crippen LogP contribution < -0.4 is 5.73 Å². The molecule has 0 bridgehead atoms. The molecular formula is C7H12ClN3. The Bertz CT molecular complexity index is 259. The van der Waals surface area contributed by atoms with Gasteiger partial charge in [0.1, 0.15) is 0 Å². The van der Waals surface area contributed by atoms with E-state index in [-0.39, 0.29) is 0 Å². The summed E-state index contributed by atoms with van der Waals surface area (Å²) < 4.78 is 0. The average Bonchev–Trinajstić information content (AvgIpc) is 2.08. The Morgan fingerprint density at radius 1 is 1.55 bits per heavy atom.